The van der Waals surface area contributed by atoms with E-state index in [1.54, 1.807) is 6.07 Å². The first-order chi connectivity index (χ1) is 7.58. The van der Waals surface area contributed by atoms with Gasteiger partial charge in [-0.25, -0.2) is 9.38 Å². The predicted octanol–water partition coefficient (Wildman–Crippen LogP) is 3.39. The molecule has 86 valence electrons. The van der Waals surface area contributed by atoms with E-state index in [4.69, 9.17) is 4.74 Å². The molecule has 0 amide bonds. The molecule has 16 heavy (non-hydrogen) atoms. The van der Waals surface area contributed by atoms with Crippen molar-refractivity contribution in [2.24, 2.45) is 10.9 Å². The summed E-state index contributed by atoms with van der Waals surface area (Å²) >= 11 is 3.31. The van der Waals surface area contributed by atoms with Crippen molar-refractivity contribution in [3.05, 3.63) is 34.1 Å². The summed E-state index contributed by atoms with van der Waals surface area (Å²) in [6.45, 7) is 4.83. The smallest absolute Gasteiger partial charge is 0.217 e. The van der Waals surface area contributed by atoms with Crippen LogP contribution in [0.4, 0.5) is 4.39 Å². The standard InChI is InChI=1S/C12H13BrFNO/c1-7(2)11-6-16-12(15-11)9-4-3-8(14)5-10(9)13/h3-5,7,11H,6H2,1-2H3/t11-/m1/s1. The topological polar surface area (TPSA) is 21.6 Å². The van der Waals surface area contributed by atoms with Crippen LogP contribution in [0.15, 0.2) is 27.7 Å². The molecule has 0 unspecified atom stereocenters. The average Bonchev–Trinajstić information content (AvgIpc) is 2.66. The Kier molecular flexibility index (Phi) is 3.28. The number of rotatable bonds is 2. The van der Waals surface area contributed by atoms with Crippen LogP contribution < -0.4 is 0 Å². The third kappa shape index (κ3) is 2.26. The van der Waals surface area contributed by atoms with Gasteiger partial charge in [-0.1, -0.05) is 13.8 Å². The Hall–Kier alpha value is -0.900. The van der Waals surface area contributed by atoms with Crippen LogP contribution in [-0.4, -0.2) is 18.5 Å². The van der Waals surface area contributed by atoms with Gasteiger partial charge < -0.3 is 4.74 Å². The molecule has 2 rings (SSSR count). The maximum absolute atomic E-state index is 12.9. The van der Waals surface area contributed by atoms with Crippen molar-refractivity contribution in [2.75, 3.05) is 6.61 Å². The highest BCUT2D eigenvalue weighted by Gasteiger charge is 2.23. The fourth-order valence-electron chi connectivity index (χ4n) is 1.54. The van der Waals surface area contributed by atoms with Gasteiger partial charge in [-0.15, -0.1) is 0 Å². The molecule has 1 atom stereocenters. The van der Waals surface area contributed by atoms with Crippen molar-refractivity contribution in [3.63, 3.8) is 0 Å². The number of nitrogens with zero attached hydrogens (tertiary/aromatic N) is 1. The molecule has 2 nitrogen and oxygen atoms in total. The maximum atomic E-state index is 12.9. The van der Waals surface area contributed by atoms with E-state index in [1.807, 2.05) is 0 Å². The zero-order chi connectivity index (χ0) is 11.7. The van der Waals surface area contributed by atoms with E-state index in [0.717, 1.165) is 5.56 Å². The average molecular weight is 286 g/mol. The molecule has 0 saturated heterocycles. The van der Waals surface area contributed by atoms with Crippen LogP contribution in [0.25, 0.3) is 0 Å². The number of aliphatic imine (C=N–C) groups is 1. The molecule has 0 N–H and O–H groups in total. The Morgan fingerprint density at radius 3 is 2.81 bits per heavy atom. The SMILES string of the molecule is CC(C)[C@H]1COC(c2ccc(F)cc2Br)=N1. The zero-order valence-electron chi connectivity index (χ0n) is 9.21. The van der Waals surface area contributed by atoms with Crippen molar-refractivity contribution < 1.29 is 9.13 Å². The molecule has 1 aliphatic heterocycles. The lowest BCUT2D eigenvalue weighted by Crippen LogP contribution is -2.13. The molecule has 0 aromatic heterocycles. The van der Waals surface area contributed by atoms with Gasteiger partial charge in [0.25, 0.3) is 0 Å². The fraction of sp³-hybridized carbons (Fsp3) is 0.417. The molecule has 1 aromatic carbocycles. The van der Waals surface area contributed by atoms with Crippen LogP contribution in [-0.2, 0) is 4.74 Å². The Morgan fingerprint density at radius 1 is 1.50 bits per heavy atom. The Bertz CT molecular complexity index is 431. The number of benzene rings is 1. The molecule has 1 aromatic rings. The summed E-state index contributed by atoms with van der Waals surface area (Å²) < 4.78 is 19.1. The van der Waals surface area contributed by atoms with Crippen LogP contribution in [0, 0.1) is 11.7 Å². The summed E-state index contributed by atoms with van der Waals surface area (Å²) in [5.74, 6) is 0.789. The quantitative estimate of drug-likeness (QED) is 0.816. The highest BCUT2D eigenvalue weighted by molar-refractivity contribution is 9.10. The maximum Gasteiger partial charge on any atom is 0.217 e. The molecule has 0 saturated carbocycles. The normalized spacial score (nSPS) is 19.8. The lowest BCUT2D eigenvalue weighted by Gasteiger charge is -2.06. The van der Waals surface area contributed by atoms with Crippen molar-refractivity contribution in [2.45, 2.75) is 19.9 Å². The van der Waals surface area contributed by atoms with Gasteiger partial charge in [0, 0.05) is 4.47 Å². The lowest BCUT2D eigenvalue weighted by molar-refractivity contribution is 0.291. The second kappa shape index (κ2) is 4.53. The number of ether oxygens (including phenoxy) is 1. The first-order valence-corrected chi connectivity index (χ1v) is 6.03. The Balaban J connectivity index is 2.29. The summed E-state index contributed by atoms with van der Waals surface area (Å²) in [7, 11) is 0. The van der Waals surface area contributed by atoms with Crippen LogP contribution in [0.5, 0.6) is 0 Å². The van der Waals surface area contributed by atoms with E-state index in [0.29, 0.717) is 22.9 Å². The first-order valence-electron chi connectivity index (χ1n) is 5.24. The zero-order valence-corrected chi connectivity index (χ0v) is 10.8. The number of hydrogen-bond acceptors (Lipinski definition) is 2. The van der Waals surface area contributed by atoms with Gasteiger partial charge in [-0.2, -0.15) is 0 Å². The molecular weight excluding hydrogens is 273 g/mol. The van der Waals surface area contributed by atoms with Gasteiger partial charge in [0.1, 0.15) is 12.4 Å². The van der Waals surface area contributed by atoms with E-state index < -0.39 is 0 Å². The number of halogens is 2. The lowest BCUT2D eigenvalue weighted by atomic mass is 10.1. The predicted molar refractivity (Wildman–Crippen MR) is 65.2 cm³/mol. The summed E-state index contributed by atoms with van der Waals surface area (Å²) in [6, 6.07) is 4.71. The third-order valence-electron chi connectivity index (χ3n) is 2.60. The molecule has 1 heterocycles. The van der Waals surface area contributed by atoms with Crippen LogP contribution in [0.2, 0.25) is 0 Å². The van der Waals surface area contributed by atoms with E-state index in [9.17, 15) is 4.39 Å². The molecule has 0 bridgehead atoms. The van der Waals surface area contributed by atoms with Gasteiger partial charge in [0.2, 0.25) is 5.90 Å². The molecule has 1 aliphatic rings. The molecule has 0 fully saturated rings. The molecule has 0 aliphatic carbocycles. The minimum absolute atomic E-state index is 0.201. The second-order valence-corrected chi connectivity index (χ2v) is 5.04. The molecule has 0 radical (unpaired) electrons. The fourth-order valence-corrected chi connectivity index (χ4v) is 2.06. The van der Waals surface area contributed by atoms with Crippen LogP contribution >= 0.6 is 15.9 Å². The molecule has 0 spiro atoms. The summed E-state index contributed by atoms with van der Waals surface area (Å²) in [5.41, 5.74) is 0.810. The van der Waals surface area contributed by atoms with E-state index >= 15 is 0 Å². The minimum atomic E-state index is -0.269. The van der Waals surface area contributed by atoms with Gasteiger partial charge in [-0.3, -0.25) is 0 Å². The monoisotopic (exact) mass is 285 g/mol. The Labute approximate surface area is 103 Å². The highest BCUT2D eigenvalue weighted by atomic mass is 79.9. The van der Waals surface area contributed by atoms with Gasteiger partial charge >= 0.3 is 0 Å². The van der Waals surface area contributed by atoms with Crippen molar-refractivity contribution in [1.29, 1.82) is 0 Å². The summed E-state index contributed by atoms with van der Waals surface area (Å²) in [5, 5.41) is 0. The van der Waals surface area contributed by atoms with E-state index in [1.165, 1.54) is 12.1 Å². The molecule has 4 heteroatoms. The summed E-state index contributed by atoms with van der Waals surface area (Å²) in [4.78, 5) is 4.49. The summed E-state index contributed by atoms with van der Waals surface area (Å²) in [6.07, 6.45) is 0. The largest absolute Gasteiger partial charge is 0.475 e. The Morgan fingerprint density at radius 2 is 2.25 bits per heavy atom. The van der Waals surface area contributed by atoms with Crippen LogP contribution in [0.1, 0.15) is 19.4 Å². The van der Waals surface area contributed by atoms with Gasteiger partial charge in [0.05, 0.1) is 11.6 Å². The van der Waals surface area contributed by atoms with Gasteiger partial charge in [0.15, 0.2) is 0 Å². The van der Waals surface area contributed by atoms with Crippen molar-refractivity contribution >= 4 is 21.8 Å². The van der Waals surface area contributed by atoms with Crippen molar-refractivity contribution in [1.82, 2.24) is 0 Å². The highest BCUT2D eigenvalue weighted by Crippen LogP contribution is 2.23. The van der Waals surface area contributed by atoms with E-state index in [2.05, 4.69) is 34.8 Å². The molecular formula is C12H13BrFNO. The van der Waals surface area contributed by atoms with Gasteiger partial charge in [-0.05, 0) is 40.0 Å². The van der Waals surface area contributed by atoms with E-state index in [-0.39, 0.29) is 11.9 Å². The van der Waals surface area contributed by atoms with Crippen LogP contribution in [0.3, 0.4) is 0 Å². The second-order valence-electron chi connectivity index (χ2n) is 4.18. The first kappa shape index (κ1) is 11.6. The minimum Gasteiger partial charge on any atom is -0.475 e. The number of hydrogen-bond donors (Lipinski definition) is 0. The van der Waals surface area contributed by atoms with Crippen molar-refractivity contribution in [3.8, 4) is 0 Å². The third-order valence-corrected chi connectivity index (χ3v) is 3.26.